The van der Waals surface area contributed by atoms with E-state index in [4.69, 9.17) is 0 Å². The van der Waals surface area contributed by atoms with Crippen LogP contribution in [0.1, 0.15) is 39.3 Å². The molecule has 0 spiro atoms. The van der Waals surface area contributed by atoms with Crippen LogP contribution in [0, 0.1) is 20.8 Å². The summed E-state index contributed by atoms with van der Waals surface area (Å²) in [6.45, 7) is 6.43. The molecule has 1 aliphatic rings. The number of fused-ring (bicyclic) bond motifs is 2. The van der Waals surface area contributed by atoms with Gasteiger partial charge in [-0.1, -0.05) is 17.7 Å². The van der Waals surface area contributed by atoms with E-state index in [1.165, 1.54) is 0 Å². The highest BCUT2D eigenvalue weighted by molar-refractivity contribution is 6.01. The monoisotopic (exact) mass is 404 g/mol. The van der Waals surface area contributed by atoms with Crippen LogP contribution in [-0.2, 0) is 17.8 Å². The van der Waals surface area contributed by atoms with Crippen LogP contribution in [0.5, 0.6) is 0 Å². The summed E-state index contributed by atoms with van der Waals surface area (Å²) in [5, 5.41) is 6.01. The average Bonchev–Trinajstić information content (AvgIpc) is 3.17. The zero-order valence-electron chi connectivity index (χ0n) is 17.3. The fraction of sp³-hybridized carbons (Fsp3) is 0.304. The second-order valence-electron chi connectivity index (χ2n) is 7.82. The number of hydrogen-bond donors (Lipinski definition) is 2. The highest BCUT2D eigenvalue weighted by Gasteiger charge is 2.17. The van der Waals surface area contributed by atoms with Gasteiger partial charge in [0.05, 0.1) is 17.4 Å². The summed E-state index contributed by atoms with van der Waals surface area (Å²) >= 11 is 0. The van der Waals surface area contributed by atoms with Crippen LogP contribution in [0.3, 0.4) is 0 Å². The fourth-order valence-corrected chi connectivity index (χ4v) is 4.05. The van der Waals surface area contributed by atoms with Crippen molar-refractivity contribution in [2.75, 3.05) is 11.9 Å². The molecule has 0 fully saturated rings. The van der Waals surface area contributed by atoms with Crippen molar-refractivity contribution < 1.29 is 9.59 Å². The lowest BCUT2D eigenvalue weighted by atomic mass is 10.1. The molecular formula is C23H24N4O3. The van der Waals surface area contributed by atoms with Gasteiger partial charge in [-0.15, -0.1) is 0 Å². The Balaban J connectivity index is 1.46. The number of aromatic nitrogens is 2. The molecule has 7 nitrogen and oxygen atoms in total. The minimum absolute atomic E-state index is 0.0670. The highest BCUT2D eigenvalue weighted by atomic mass is 16.2. The van der Waals surface area contributed by atoms with Gasteiger partial charge in [-0.05, 0) is 56.5 Å². The van der Waals surface area contributed by atoms with Crippen molar-refractivity contribution in [1.29, 1.82) is 0 Å². The predicted molar refractivity (Wildman–Crippen MR) is 116 cm³/mol. The molecule has 2 heterocycles. The van der Waals surface area contributed by atoms with E-state index in [1.54, 1.807) is 22.8 Å². The van der Waals surface area contributed by atoms with E-state index in [0.717, 1.165) is 41.0 Å². The summed E-state index contributed by atoms with van der Waals surface area (Å²) in [5.41, 5.74) is 4.67. The number of amides is 2. The molecule has 0 atom stereocenters. The van der Waals surface area contributed by atoms with Gasteiger partial charge in [0.15, 0.2) is 0 Å². The Morgan fingerprint density at radius 2 is 1.83 bits per heavy atom. The van der Waals surface area contributed by atoms with Crippen LogP contribution in [0.25, 0.3) is 10.9 Å². The highest BCUT2D eigenvalue weighted by Crippen LogP contribution is 2.21. The zero-order valence-corrected chi connectivity index (χ0v) is 17.3. The molecule has 2 amide bonds. The van der Waals surface area contributed by atoms with Gasteiger partial charge in [0, 0.05) is 24.2 Å². The van der Waals surface area contributed by atoms with Crippen molar-refractivity contribution in [3.05, 3.63) is 68.8 Å². The van der Waals surface area contributed by atoms with Crippen molar-refractivity contribution in [2.24, 2.45) is 0 Å². The summed E-state index contributed by atoms with van der Waals surface area (Å²) < 4.78 is 1.70. The minimum atomic E-state index is -0.383. The van der Waals surface area contributed by atoms with Gasteiger partial charge in [0.25, 0.3) is 11.5 Å². The van der Waals surface area contributed by atoms with E-state index in [0.29, 0.717) is 23.0 Å². The van der Waals surface area contributed by atoms with Gasteiger partial charge in [-0.25, -0.2) is 4.98 Å². The zero-order chi connectivity index (χ0) is 21.4. The van der Waals surface area contributed by atoms with Crippen LogP contribution >= 0.6 is 0 Å². The third-order valence-electron chi connectivity index (χ3n) is 5.43. The molecule has 154 valence electrons. The number of nitrogens with one attached hydrogen (secondary N) is 2. The lowest BCUT2D eigenvalue weighted by Crippen LogP contribution is -2.33. The Hall–Kier alpha value is -3.48. The van der Waals surface area contributed by atoms with E-state index in [2.05, 4.69) is 15.6 Å². The standard InChI is InChI=1S/C23H24N4O3/c1-13-9-14(2)21(15(3)10-13)26-20(28)12-24-22(29)16-6-7-17-18(11-16)25-19-5-4-8-27(19)23(17)30/h6-7,9-11H,4-5,8,12H2,1-3H3,(H,24,29)(H,26,28). The van der Waals surface area contributed by atoms with Crippen LogP contribution in [0.4, 0.5) is 5.69 Å². The number of aryl methyl sites for hydroxylation is 4. The van der Waals surface area contributed by atoms with E-state index in [-0.39, 0.29) is 23.9 Å². The molecule has 0 bridgehead atoms. The topological polar surface area (TPSA) is 93.1 Å². The number of hydrogen-bond acceptors (Lipinski definition) is 4. The number of carbonyl (C=O) groups excluding carboxylic acids is 2. The van der Waals surface area contributed by atoms with Crippen molar-refractivity contribution in [1.82, 2.24) is 14.9 Å². The summed E-state index contributed by atoms with van der Waals surface area (Å²) in [4.78, 5) is 42.0. The molecule has 7 heteroatoms. The third kappa shape index (κ3) is 3.70. The van der Waals surface area contributed by atoms with Crippen LogP contribution in [0.15, 0.2) is 35.1 Å². The van der Waals surface area contributed by atoms with Gasteiger partial charge < -0.3 is 10.6 Å². The predicted octanol–water partition coefficient (Wildman–Crippen LogP) is 2.64. The van der Waals surface area contributed by atoms with Gasteiger partial charge in [0.1, 0.15) is 5.82 Å². The number of anilines is 1. The molecule has 4 rings (SSSR count). The fourth-order valence-electron chi connectivity index (χ4n) is 4.05. The smallest absolute Gasteiger partial charge is 0.261 e. The molecule has 0 radical (unpaired) electrons. The number of nitrogens with zero attached hydrogens (tertiary/aromatic N) is 2. The van der Waals surface area contributed by atoms with Crippen molar-refractivity contribution >= 4 is 28.4 Å². The second kappa shape index (κ2) is 7.74. The number of benzene rings is 2. The molecular weight excluding hydrogens is 380 g/mol. The Labute approximate surface area is 174 Å². The normalized spacial score (nSPS) is 12.6. The molecule has 2 N–H and O–H groups in total. The van der Waals surface area contributed by atoms with Crippen molar-refractivity contribution in [3.63, 3.8) is 0 Å². The summed E-state index contributed by atoms with van der Waals surface area (Å²) in [6, 6.07) is 8.83. The number of carbonyl (C=O) groups is 2. The Bertz CT molecular complexity index is 1220. The molecule has 0 saturated carbocycles. The maximum Gasteiger partial charge on any atom is 0.261 e. The maximum atomic E-state index is 12.5. The lowest BCUT2D eigenvalue weighted by Gasteiger charge is -2.13. The van der Waals surface area contributed by atoms with Crippen LogP contribution in [-0.4, -0.2) is 27.9 Å². The molecule has 0 unspecified atom stereocenters. The van der Waals surface area contributed by atoms with Gasteiger partial charge in [-0.2, -0.15) is 0 Å². The van der Waals surface area contributed by atoms with E-state index < -0.39 is 0 Å². The van der Waals surface area contributed by atoms with Gasteiger partial charge >= 0.3 is 0 Å². The van der Waals surface area contributed by atoms with Crippen LogP contribution < -0.4 is 16.2 Å². The Morgan fingerprint density at radius 1 is 1.10 bits per heavy atom. The van der Waals surface area contributed by atoms with Crippen molar-refractivity contribution in [3.8, 4) is 0 Å². The Morgan fingerprint density at radius 3 is 2.57 bits per heavy atom. The summed E-state index contributed by atoms with van der Waals surface area (Å²) in [6.07, 6.45) is 1.67. The van der Waals surface area contributed by atoms with E-state index in [9.17, 15) is 14.4 Å². The molecule has 0 saturated heterocycles. The Kier molecular flexibility index (Phi) is 5.11. The third-order valence-corrected chi connectivity index (χ3v) is 5.43. The second-order valence-corrected chi connectivity index (χ2v) is 7.82. The largest absolute Gasteiger partial charge is 0.343 e. The SMILES string of the molecule is Cc1cc(C)c(NC(=O)CNC(=O)c2ccc3c(=O)n4c(nc3c2)CCC4)c(C)c1. The molecule has 3 aromatic rings. The van der Waals surface area contributed by atoms with Crippen LogP contribution in [0.2, 0.25) is 0 Å². The van der Waals surface area contributed by atoms with E-state index in [1.807, 2.05) is 32.9 Å². The van der Waals surface area contributed by atoms with Gasteiger partial charge in [-0.3, -0.25) is 19.0 Å². The molecule has 0 aliphatic carbocycles. The summed E-state index contributed by atoms with van der Waals surface area (Å²) in [5.74, 6) is 0.0773. The minimum Gasteiger partial charge on any atom is -0.343 e. The quantitative estimate of drug-likeness (QED) is 0.699. The van der Waals surface area contributed by atoms with Crippen molar-refractivity contribution in [2.45, 2.75) is 40.2 Å². The first-order chi connectivity index (χ1) is 14.3. The first-order valence-corrected chi connectivity index (χ1v) is 10.0. The lowest BCUT2D eigenvalue weighted by molar-refractivity contribution is -0.115. The molecule has 2 aromatic carbocycles. The first kappa shape index (κ1) is 19.8. The average molecular weight is 404 g/mol. The molecule has 30 heavy (non-hydrogen) atoms. The molecule has 1 aromatic heterocycles. The van der Waals surface area contributed by atoms with E-state index >= 15 is 0 Å². The first-order valence-electron chi connectivity index (χ1n) is 10.0. The maximum absolute atomic E-state index is 12.5. The summed E-state index contributed by atoms with van der Waals surface area (Å²) in [7, 11) is 0. The number of rotatable bonds is 4. The van der Waals surface area contributed by atoms with Gasteiger partial charge in [0.2, 0.25) is 5.91 Å². The molecule has 1 aliphatic heterocycles.